The number of para-hydroxylation sites is 1. The van der Waals surface area contributed by atoms with Crippen LogP contribution in [0.1, 0.15) is 16.1 Å². The number of aryl methyl sites for hydroxylation is 1. The molecule has 1 heterocycles. The molecule has 29 heavy (non-hydrogen) atoms. The fourth-order valence-electron chi connectivity index (χ4n) is 2.49. The molecule has 3 rings (SSSR count). The van der Waals surface area contributed by atoms with Gasteiger partial charge in [0.15, 0.2) is 5.69 Å². The van der Waals surface area contributed by atoms with Crippen LogP contribution >= 0.6 is 0 Å². The lowest BCUT2D eigenvalue weighted by Crippen LogP contribution is -2.27. The molecule has 0 saturated heterocycles. The van der Waals surface area contributed by atoms with Crippen molar-refractivity contribution in [2.24, 2.45) is 0 Å². The number of benzene rings is 2. The first-order valence-corrected chi connectivity index (χ1v) is 9.24. The van der Waals surface area contributed by atoms with Gasteiger partial charge < -0.3 is 14.2 Å². The summed E-state index contributed by atoms with van der Waals surface area (Å²) in [6.07, 6.45) is 0. The van der Waals surface area contributed by atoms with Gasteiger partial charge >= 0.3 is 5.97 Å². The number of nitrogens with zero attached hydrogens (tertiary/aromatic N) is 2. The second kappa shape index (κ2) is 10.1. The number of carbonyl (C=O) groups excluding carboxylic acids is 1. The number of ether oxygens (including phenoxy) is 3. The summed E-state index contributed by atoms with van der Waals surface area (Å²) in [5.41, 5.74) is 0.875. The zero-order valence-corrected chi connectivity index (χ0v) is 16.1. The monoisotopic (exact) mass is 394 g/mol. The molecular weight excluding hydrogens is 372 g/mol. The van der Waals surface area contributed by atoms with Crippen LogP contribution in [0.2, 0.25) is 0 Å². The number of rotatable bonds is 9. The number of hydrogen-bond donors (Lipinski definition) is 0. The molecule has 7 nitrogen and oxygen atoms in total. The molecule has 0 spiro atoms. The van der Waals surface area contributed by atoms with Crippen molar-refractivity contribution in [3.63, 3.8) is 0 Å². The molecule has 2 aromatic carbocycles. The minimum atomic E-state index is -0.616. The molecule has 0 aliphatic rings. The van der Waals surface area contributed by atoms with Crippen LogP contribution in [-0.2, 0) is 11.3 Å². The van der Waals surface area contributed by atoms with Crippen LogP contribution in [0.5, 0.6) is 11.5 Å². The Hall–Kier alpha value is -3.61. The van der Waals surface area contributed by atoms with E-state index in [-0.39, 0.29) is 37.6 Å². The number of hydrogen-bond acceptors (Lipinski definition) is 6. The maximum absolute atomic E-state index is 12.2. The highest BCUT2D eigenvalue weighted by Gasteiger charge is 2.11. The maximum atomic E-state index is 12.2. The number of aromatic nitrogens is 2. The molecule has 1 aromatic heterocycles. The SMILES string of the molecule is Cc1ccc(OCCOC(=O)c2ccc(=O)n(CCOc3ccccc3)n2)cc1. The summed E-state index contributed by atoms with van der Waals surface area (Å²) in [7, 11) is 0. The van der Waals surface area contributed by atoms with Crippen LogP contribution in [0.3, 0.4) is 0 Å². The quantitative estimate of drug-likeness (QED) is 0.410. The van der Waals surface area contributed by atoms with E-state index in [1.165, 1.54) is 16.8 Å². The van der Waals surface area contributed by atoms with Gasteiger partial charge in [0.05, 0.1) is 6.54 Å². The Kier molecular flexibility index (Phi) is 7.00. The minimum Gasteiger partial charge on any atom is -0.492 e. The van der Waals surface area contributed by atoms with Gasteiger partial charge in [-0.2, -0.15) is 5.10 Å². The van der Waals surface area contributed by atoms with Crippen molar-refractivity contribution < 1.29 is 19.0 Å². The molecule has 0 amide bonds. The number of esters is 1. The Bertz CT molecular complexity index is 984. The zero-order valence-electron chi connectivity index (χ0n) is 16.1. The molecule has 0 saturated carbocycles. The van der Waals surface area contributed by atoms with Gasteiger partial charge in [0.25, 0.3) is 5.56 Å². The predicted molar refractivity (Wildman–Crippen MR) is 107 cm³/mol. The van der Waals surface area contributed by atoms with Gasteiger partial charge in [-0.25, -0.2) is 9.48 Å². The number of carbonyl (C=O) groups is 1. The van der Waals surface area contributed by atoms with Crippen molar-refractivity contribution in [1.82, 2.24) is 9.78 Å². The van der Waals surface area contributed by atoms with Crippen molar-refractivity contribution in [3.05, 3.63) is 88.3 Å². The van der Waals surface area contributed by atoms with E-state index in [0.717, 1.165) is 5.56 Å². The second-order valence-electron chi connectivity index (χ2n) is 6.24. The molecule has 0 fully saturated rings. The summed E-state index contributed by atoms with van der Waals surface area (Å²) in [4.78, 5) is 24.1. The summed E-state index contributed by atoms with van der Waals surface area (Å²) in [6.45, 7) is 2.75. The highest BCUT2D eigenvalue weighted by molar-refractivity contribution is 5.86. The smallest absolute Gasteiger partial charge is 0.358 e. The standard InChI is InChI=1S/C22H22N2O5/c1-17-7-9-19(10-8-17)28-15-16-29-22(26)20-11-12-21(25)24(23-20)13-14-27-18-5-3-2-4-6-18/h2-12H,13-16H2,1H3. The van der Waals surface area contributed by atoms with Gasteiger partial charge in [0, 0.05) is 6.07 Å². The largest absolute Gasteiger partial charge is 0.492 e. The van der Waals surface area contributed by atoms with Crippen LogP contribution < -0.4 is 15.0 Å². The lowest BCUT2D eigenvalue weighted by Gasteiger charge is -2.09. The summed E-state index contributed by atoms with van der Waals surface area (Å²) >= 11 is 0. The van der Waals surface area contributed by atoms with E-state index >= 15 is 0 Å². The maximum Gasteiger partial charge on any atom is 0.358 e. The van der Waals surface area contributed by atoms with Crippen LogP contribution in [0.15, 0.2) is 71.5 Å². The van der Waals surface area contributed by atoms with Crippen molar-refractivity contribution in [3.8, 4) is 11.5 Å². The van der Waals surface area contributed by atoms with Crippen molar-refractivity contribution in [2.75, 3.05) is 19.8 Å². The molecule has 0 bridgehead atoms. The van der Waals surface area contributed by atoms with E-state index in [2.05, 4.69) is 5.10 Å². The highest BCUT2D eigenvalue weighted by atomic mass is 16.6. The third kappa shape index (κ3) is 6.21. The van der Waals surface area contributed by atoms with Crippen molar-refractivity contribution in [1.29, 1.82) is 0 Å². The van der Waals surface area contributed by atoms with E-state index in [1.54, 1.807) is 0 Å². The van der Waals surface area contributed by atoms with E-state index in [1.807, 2.05) is 61.5 Å². The van der Waals surface area contributed by atoms with Crippen LogP contribution in [0, 0.1) is 6.92 Å². The molecule has 3 aromatic rings. The summed E-state index contributed by atoms with van der Waals surface area (Å²) in [6, 6.07) is 19.5. The van der Waals surface area contributed by atoms with Gasteiger partial charge in [-0.1, -0.05) is 35.9 Å². The van der Waals surface area contributed by atoms with Gasteiger partial charge in [-0.05, 0) is 37.3 Å². The third-order valence-corrected chi connectivity index (χ3v) is 4.00. The summed E-state index contributed by atoms with van der Waals surface area (Å²) < 4.78 is 17.4. The van der Waals surface area contributed by atoms with Crippen molar-refractivity contribution >= 4 is 5.97 Å². The lowest BCUT2D eigenvalue weighted by atomic mass is 10.2. The Morgan fingerprint density at radius 2 is 1.55 bits per heavy atom. The van der Waals surface area contributed by atoms with Crippen LogP contribution in [-0.4, -0.2) is 35.6 Å². The third-order valence-electron chi connectivity index (χ3n) is 4.00. The molecular formula is C22H22N2O5. The van der Waals surface area contributed by atoms with Gasteiger partial charge in [-0.3, -0.25) is 4.79 Å². The minimum absolute atomic E-state index is 0.0552. The molecule has 0 radical (unpaired) electrons. The van der Waals surface area contributed by atoms with E-state index in [0.29, 0.717) is 11.5 Å². The highest BCUT2D eigenvalue weighted by Crippen LogP contribution is 2.11. The first-order chi connectivity index (χ1) is 14.1. The molecule has 7 heteroatoms. The van der Waals surface area contributed by atoms with Crippen LogP contribution in [0.4, 0.5) is 0 Å². The Balaban J connectivity index is 1.48. The molecule has 150 valence electrons. The van der Waals surface area contributed by atoms with E-state index in [9.17, 15) is 9.59 Å². The fraction of sp³-hybridized carbons (Fsp3) is 0.227. The molecule has 0 aliphatic carbocycles. The summed E-state index contributed by atoms with van der Waals surface area (Å²) in [5.74, 6) is 0.789. The van der Waals surface area contributed by atoms with Gasteiger partial charge in [-0.15, -0.1) is 0 Å². The average Bonchev–Trinajstić information content (AvgIpc) is 2.74. The normalized spacial score (nSPS) is 10.4. The summed E-state index contributed by atoms with van der Waals surface area (Å²) in [5, 5.41) is 4.06. The predicted octanol–water partition coefficient (Wildman–Crippen LogP) is 2.87. The van der Waals surface area contributed by atoms with E-state index in [4.69, 9.17) is 14.2 Å². The molecule has 0 atom stereocenters. The van der Waals surface area contributed by atoms with E-state index < -0.39 is 5.97 Å². The van der Waals surface area contributed by atoms with Crippen LogP contribution in [0.25, 0.3) is 0 Å². The first kappa shape index (κ1) is 20.1. The van der Waals surface area contributed by atoms with Gasteiger partial charge in [0.1, 0.15) is 31.3 Å². The first-order valence-electron chi connectivity index (χ1n) is 9.24. The molecule has 0 unspecified atom stereocenters. The topological polar surface area (TPSA) is 79.7 Å². The second-order valence-corrected chi connectivity index (χ2v) is 6.24. The average molecular weight is 394 g/mol. The fourth-order valence-corrected chi connectivity index (χ4v) is 2.49. The van der Waals surface area contributed by atoms with Gasteiger partial charge in [0.2, 0.25) is 0 Å². The Morgan fingerprint density at radius 3 is 2.31 bits per heavy atom. The Morgan fingerprint density at radius 1 is 0.862 bits per heavy atom. The zero-order chi connectivity index (χ0) is 20.5. The molecule has 0 N–H and O–H groups in total. The Labute approximate surface area is 168 Å². The van der Waals surface area contributed by atoms with Crippen molar-refractivity contribution in [2.45, 2.75) is 13.5 Å². The lowest BCUT2D eigenvalue weighted by molar-refractivity contribution is 0.0440. The molecule has 0 aliphatic heterocycles.